The summed E-state index contributed by atoms with van der Waals surface area (Å²) in [5.74, 6) is -0.426. The van der Waals surface area contributed by atoms with Crippen LogP contribution < -0.4 is 4.74 Å². The molecule has 0 N–H and O–H groups in total. The Labute approximate surface area is 125 Å². The smallest absolute Gasteiger partial charge is 0.347 e. The van der Waals surface area contributed by atoms with E-state index < -0.39 is 17.0 Å². The lowest BCUT2D eigenvalue weighted by Gasteiger charge is -2.17. The van der Waals surface area contributed by atoms with Gasteiger partial charge in [-0.05, 0) is 31.9 Å². The third-order valence-corrected chi connectivity index (χ3v) is 3.05. The van der Waals surface area contributed by atoms with Crippen molar-refractivity contribution in [2.45, 2.75) is 33.3 Å². The number of nitro groups is 1. The molecule has 0 saturated heterocycles. The zero-order valence-electron chi connectivity index (χ0n) is 11.5. The van der Waals surface area contributed by atoms with Crippen molar-refractivity contribution < 1.29 is 19.2 Å². The number of rotatable bonds is 6. The van der Waals surface area contributed by atoms with E-state index in [1.165, 1.54) is 6.07 Å². The number of nitro benzene ring substituents is 1. The van der Waals surface area contributed by atoms with Crippen LogP contribution in [0.15, 0.2) is 16.6 Å². The molecule has 0 radical (unpaired) electrons. The third-order valence-electron chi connectivity index (χ3n) is 2.60. The van der Waals surface area contributed by atoms with Crippen LogP contribution in [0.4, 0.5) is 5.69 Å². The van der Waals surface area contributed by atoms with Crippen molar-refractivity contribution in [2.75, 3.05) is 6.61 Å². The predicted octanol–water partition coefficient (Wildman–Crippen LogP) is 3.39. The van der Waals surface area contributed by atoms with E-state index >= 15 is 0 Å². The van der Waals surface area contributed by atoms with E-state index in [1.807, 2.05) is 0 Å². The Morgan fingerprint density at radius 3 is 2.60 bits per heavy atom. The van der Waals surface area contributed by atoms with Crippen molar-refractivity contribution in [1.82, 2.24) is 0 Å². The number of ether oxygens (including phenoxy) is 2. The fourth-order valence-corrected chi connectivity index (χ4v) is 2.24. The first-order valence-electron chi connectivity index (χ1n) is 6.18. The summed E-state index contributed by atoms with van der Waals surface area (Å²) >= 11 is 3.20. The average molecular weight is 346 g/mol. The van der Waals surface area contributed by atoms with Gasteiger partial charge in [-0.15, -0.1) is 0 Å². The molecule has 20 heavy (non-hydrogen) atoms. The predicted molar refractivity (Wildman–Crippen MR) is 76.9 cm³/mol. The van der Waals surface area contributed by atoms with E-state index in [0.717, 1.165) is 0 Å². The van der Waals surface area contributed by atoms with Crippen molar-refractivity contribution in [2.24, 2.45) is 0 Å². The number of aryl methyl sites for hydroxylation is 1. The summed E-state index contributed by atoms with van der Waals surface area (Å²) in [5.41, 5.74) is 0.397. The van der Waals surface area contributed by atoms with Crippen LogP contribution in [0.3, 0.4) is 0 Å². The Kier molecular flexibility index (Phi) is 5.94. The molecule has 0 fully saturated rings. The topological polar surface area (TPSA) is 78.7 Å². The highest BCUT2D eigenvalue weighted by atomic mass is 79.9. The molecule has 0 aliphatic carbocycles. The van der Waals surface area contributed by atoms with Gasteiger partial charge in [0, 0.05) is 10.5 Å². The van der Waals surface area contributed by atoms with Crippen LogP contribution in [0.2, 0.25) is 0 Å². The molecule has 0 amide bonds. The van der Waals surface area contributed by atoms with Crippen molar-refractivity contribution in [3.05, 3.63) is 32.3 Å². The Morgan fingerprint density at radius 2 is 2.10 bits per heavy atom. The van der Waals surface area contributed by atoms with E-state index in [2.05, 4.69) is 15.9 Å². The van der Waals surface area contributed by atoms with Crippen LogP contribution in [0, 0.1) is 17.0 Å². The molecule has 7 heteroatoms. The SMILES string of the molecule is CCOC(=O)C(CC)Oc1c(C)cc(Br)cc1[N+](=O)[O-]. The number of nitrogens with zero attached hydrogens (tertiary/aromatic N) is 1. The minimum Gasteiger partial charge on any atom is -0.471 e. The fourth-order valence-electron chi connectivity index (χ4n) is 1.68. The molecule has 0 spiro atoms. The van der Waals surface area contributed by atoms with Crippen molar-refractivity contribution in [3.63, 3.8) is 0 Å². The highest BCUT2D eigenvalue weighted by Crippen LogP contribution is 2.35. The van der Waals surface area contributed by atoms with E-state index in [1.54, 1.807) is 26.8 Å². The van der Waals surface area contributed by atoms with Gasteiger partial charge < -0.3 is 9.47 Å². The zero-order chi connectivity index (χ0) is 15.3. The van der Waals surface area contributed by atoms with E-state index in [4.69, 9.17) is 9.47 Å². The molecule has 6 nitrogen and oxygen atoms in total. The van der Waals surface area contributed by atoms with Gasteiger partial charge in [0.25, 0.3) is 0 Å². The van der Waals surface area contributed by atoms with Gasteiger partial charge in [0.1, 0.15) is 0 Å². The maximum Gasteiger partial charge on any atom is 0.347 e. The molecule has 0 bridgehead atoms. The highest BCUT2D eigenvalue weighted by Gasteiger charge is 2.26. The third kappa shape index (κ3) is 3.93. The summed E-state index contributed by atoms with van der Waals surface area (Å²) in [5, 5.41) is 11.1. The normalized spacial score (nSPS) is 11.8. The zero-order valence-corrected chi connectivity index (χ0v) is 13.1. The molecule has 1 atom stereocenters. The molecule has 1 unspecified atom stereocenters. The fraction of sp³-hybridized carbons (Fsp3) is 0.462. The maximum absolute atomic E-state index is 11.7. The number of hydrogen-bond acceptors (Lipinski definition) is 5. The highest BCUT2D eigenvalue weighted by molar-refractivity contribution is 9.10. The summed E-state index contributed by atoms with van der Waals surface area (Å²) < 4.78 is 11.0. The van der Waals surface area contributed by atoms with Gasteiger partial charge in [-0.1, -0.05) is 22.9 Å². The van der Waals surface area contributed by atoms with Gasteiger partial charge in [0.15, 0.2) is 6.10 Å². The molecular formula is C13H16BrNO5. The van der Waals surface area contributed by atoms with Crippen LogP contribution >= 0.6 is 15.9 Å². The minimum absolute atomic E-state index is 0.0955. The lowest BCUT2D eigenvalue weighted by molar-refractivity contribution is -0.386. The van der Waals surface area contributed by atoms with E-state index in [-0.39, 0.29) is 18.0 Å². The average Bonchev–Trinajstić information content (AvgIpc) is 2.37. The van der Waals surface area contributed by atoms with Gasteiger partial charge in [-0.25, -0.2) is 4.79 Å². The largest absolute Gasteiger partial charge is 0.471 e. The second kappa shape index (κ2) is 7.23. The van der Waals surface area contributed by atoms with Crippen LogP contribution in [0.1, 0.15) is 25.8 Å². The lowest BCUT2D eigenvalue weighted by atomic mass is 10.2. The van der Waals surface area contributed by atoms with Crippen LogP contribution in [-0.4, -0.2) is 23.6 Å². The number of benzene rings is 1. The Balaban J connectivity index is 3.12. The quantitative estimate of drug-likeness (QED) is 0.448. The van der Waals surface area contributed by atoms with Crippen molar-refractivity contribution in [3.8, 4) is 5.75 Å². The van der Waals surface area contributed by atoms with Crippen molar-refractivity contribution in [1.29, 1.82) is 0 Å². The molecule has 1 aromatic rings. The summed E-state index contributed by atoms with van der Waals surface area (Å²) in [6.45, 7) is 5.37. The molecule has 0 aliphatic heterocycles. The molecule has 0 aliphatic rings. The second-order valence-electron chi connectivity index (χ2n) is 4.09. The molecule has 0 aromatic heterocycles. The second-order valence-corrected chi connectivity index (χ2v) is 5.01. The minimum atomic E-state index is -0.853. The Hall–Kier alpha value is -1.63. The standard InChI is InChI=1S/C13H16BrNO5/c1-4-11(13(16)19-5-2)20-12-8(3)6-9(14)7-10(12)15(17)18/h6-7,11H,4-5H2,1-3H3. The first-order chi connectivity index (χ1) is 9.40. The van der Waals surface area contributed by atoms with Crippen LogP contribution in [0.25, 0.3) is 0 Å². The first kappa shape index (κ1) is 16.4. The Bertz CT molecular complexity index is 518. The number of carbonyl (C=O) groups excluding carboxylic acids is 1. The molecule has 1 aromatic carbocycles. The van der Waals surface area contributed by atoms with Crippen LogP contribution in [-0.2, 0) is 9.53 Å². The summed E-state index contributed by atoms with van der Waals surface area (Å²) in [4.78, 5) is 22.3. The Morgan fingerprint density at radius 1 is 1.45 bits per heavy atom. The first-order valence-corrected chi connectivity index (χ1v) is 6.97. The molecule has 0 heterocycles. The number of halogens is 1. The molecule has 0 saturated carbocycles. The van der Waals surface area contributed by atoms with Crippen LogP contribution in [0.5, 0.6) is 5.75 Å². The van der Waals surface area contributed by atoms with Gasteiger partial charge in [-0.3, -0.25) is 10.1 Å². The monoisotopic (exact) mass is 345 g/mol. The van der Waals surface area contributed by atoms with Crippen molar-refractivity contribution >= 4 is 27.6 Å². The molecule has 110 valence electrons. The van der Waals surface area contributed by atoms with E-state index in [0.29, 0.717) is 16.5 Å². The molecule has 1 rings (SSSR count). The summed E-state index contributed by atoms with van der Waals surface area (Å²) in [7, 11) is 0. The van der Waals surface area contributed by atoms with Gasteiger partial charge in [0.2, 0.25) is 5.75 Å². The number of carbonyl (C=O) groups is 1. The summed E-state index contributed by atoms with van der Waals surface area (Å²) in [6, 6.07) is 3.04. The maximum atomic E-state index is 11.7. The van der Waals surface area contributed by atoms with Gasteiger partial charge in [-0.2, -0.15) is 0 Å². The van der Waals surface area contributed by atoms with Gasteiger partial charge in [0.05, 0.1) is 11.5 Å². The van der Waals surface area contributed by atoms with Gasteiger partial charge >= 0.3 is 11.7 Å². The number of hydrogen-bond donors (Lipinski definition) is 0. The molecular weight excluding hydrogens is 330 g/mol. The lowest BCUT2D eigenvalue weighted by Crippen LogP contribution is -2.29. The van der Waals surface area contributed by atoms with E-state index in [9.17, 15) is 14.9 Å². The number of esters is 1. The summed E-state index contributed by atoms with van der Waals surface area (Å²) in [6.07, 6.45) is -0.487.